The average molecular weight is 483 g/mol. The lowest BCUT2D eigenvalue weighted by atomic mass is 9.99. The Hall–Kier alpha value is -3.81. The number of amides is 1. The molecule has 1 heterocycles. The van der Waals surface area contributed by atoms with E-state index in [4.69, 9.17) is 16.0 Å². The molecule has 0 aliphatic carbocycles. The topological polar surface area (TPSA) is 66.0 Å². The number of furan rings is 1. The monoisotopic (exact) mass is 482 g/mol. The first-order valence-corrected chi connectivity index (χ1v) is 12.1. The van der Waals surface area contributed by atoms with Crippen molar-refractivity contribution in [1.29, 1.82) is 5.26 Å². The zero-order valence-corrected chi connectivity index (χ0v) is 20.8. The van der Waals surface area contributed by atoms with Gasteiger partial charge in [-0.25, -0.2) is 0 Å². The number of nitriles is 1. The van der Waals surface area contributed by atoms with Crippen LogP contribution in [0.2, 0.25) is 5.02 Å². The van der Waals surface area contributed by atoms with Crippen LogP contribution in [0.4, 0.5) is 0 Å². The number of rotatable bonds is 7. The minimum Gasteiger partial charge on any atom is -0.455 e. The molecule has 5 heteroatoms. The molecule has 176 valence electrons. The van der Waals surface area contributed by atoms with Gasteiger partial charge in [-0.3, -0.25) is 4.79 Å². The Bertz CT molecular complexity index is 1420. The number of halogens is 1. The van der Waals surface area contributed by atoms with E-state index in [1.165, 1.54) is 5.56 Å². The van der Waals surface area contributed by atoms with Gasteiger partial charge in [0.1, 0.15) is 11.3 Å². The molecular formula is C30H27ClN2O2. The van der Waals surface area contributed by atoms with Crippen LogP contribution in [-0.4, -0.2) is 12.5 Å². The molecule has 0 spiro atoms. The summed E-state index contributed by atoms with van der Waals surface area (Å²) >= 11 is 6.22. The van der Waals surface area contributed by atoms with Crippen LogP contribution in [0, 0.1) is 17.2 Å². The Kier molecular flexibility index (Phi) is 7.39. The summed E-state index contributed by atoms with van der Waals surface area (Å²) in [5, 5.41) is 14.0. The minimum absolute atomic E-state index is 0.202. The van der Waals surface area contributed by atoms with Crippen LogP contribution in [0.15, 0.2) is 71.1 Å². The largest absolute Gasteiger partial charge is 0.455 e. The van der Waals surface area contributed by atoms with Crippen LogP contribution in [0.5, 0.6) is 0 Å². The number of fused-ring (bicyclic) bond motifs is 1. The molecule has 1 amide bonds. The minimum atomic E-state index is -0.202. The van der Waals surface area contributed by atoms with Crippen LogP contribution in [0.3, 0.4) is 0 Å². The van der Waals surface area contributed by atoms with Crippen molar-refractivity contribution in [3.8, 4) is 17.4 Å². The standard InChI is InChI=1S/C30H27ClN2O2/c1-4-20-5-7-21(8-6-20)15-24(17-32)22-9-11-23(12-10-22)29-28(30(34)33-18-19(2)3)26-16-25(31)13-14-27(26)35-29/h5-16,19H,4,18H2,1-3H3,(H,33,34)/b24-15+. The van der Waals surface area contributed by atoms with Gasteiger partial charge in [-0.15, -0.1) is 0 Å². The molecule has 0 aliphatic rings. The van der Waals surface area contributed by atoms with Gasteiger partial charge in [0.05, 0.1) is 17.2 Å². The van der Waals surface area contributed by atoms with Gasteiger partial charge in [-0.05, 0) is 53.3 Å². The highest BCUT2D eigenvalue weighted by Crippen LogP contribution is 2.35. The zero-order chi connectivity index (χ0) is 24.9. The molecule has 4 nitrogen and oxygen atoms in total. The molecule has 0 saturated heterocycles. The summed E-state index contributed by atoms with van der Waals surface area (Å²) < 4.78 is 6.11. The van der Waals surface area contributed by atoms with Gasteiger partial charge in [0, 0.05) is 22.5 Å². The second kappa shape index (κ2) is 10.6. The molecule has 4 rings (SSSR count). The second-order valence-electron chi connectivity index (χ2n) is 8.89. The van der Waals surface area contributed by atoms with Crippen molar-refractivity contribution in [2.24, 2.45) is 5.92 Å². The first-order valence-electron chi connectivity index (χ1n) is 11.7. The third-order valence-electron chi connectivity index (χ3n) is 5.83. The van der Waals surface area contributed by atoms with Gasteiger partial charge in [-0.2, -0.15) is 5.26 Å². The van der Waals surface area contributed by atoms with Crippen molar-refractivity contribution in [2.45, 2.75) is 27.2 Å². The summed E-state index contributed by atoms with van der Waals surface area (Å²) in [5.74, 6) is 0.595. The maximum atomic E-state index is 13.1. The van der Waals surface area contributed by atoms with E-state index < -0.39 is 0 Å². The van der Waals surface area contributed by atoms with Crippen molar-refractivity contribution >= 4 is 40.1 Å². The van der Waals surface area contributed by atoms with E-state index in [1.807, 2.05) is 56.3 Å². The van der Waals surface area contributed by atoms with Crippen LogP contribution in [0.25, 0.3) is 33.9 Å². The Balaban J connectivity index is 1.71. The molecule has 0 atom stereocenters. The molecule has 0 fully saturated rings. The second-order valence-corrected chi connectivity index (χ2v) is 9.33. The van der Waals surface area contributed by atoms with Crippen LogP contribution >= 0.6 is 11.6 Å². The Labute approximate surface area is 210 Å². The maximum absolute atomic E-state index is 13.1. The molecule has 3 aromatic carbocycles. The quantitative estimate of drug-likeness (QED) is 0.216. The highest BCUT2D eigenvalue weighted by atomic mass is 35.5. The summed E-state index contributed by atoms with van der Waals surface area (Å²) in [6.07, 6.45) is 2.85. The Morgan fingerprint density at radius 3 is 2.43 bits per heavy atom. The molecule has 0 radical (unpaired) electrons. The molecule has 0 bridgehead atoms. The van der Waals surface area contributed by atoms with E-state index in [0.717, 1.165) is 23.1 Å². The zero-order valence-electron chi connectivity index (χ0n) is 20.1. The molecule has 0 unspecified atom stereocenters. The van der Waals surface area contributed by atoms with Crippen LogP contribution in [-0.2, 0) is 6.42 Å². The molecule has 4 aromatic rings. The molecule has 1 aromatic heterocycles. The van der Waals surface area contributed by atoms with Gasteiger partial charge >= 0.3 is 0 Å². The molecular weight excluding hydrogens is 456 g/mol. The number of hydrogen-bond donors (Lipinski definition) is 1. The summed E-state index contributed by atoms with van der Waals surface area (Å²) in [4.78, 5) is 13.1. The normalized spacial score (nSPS) is 11.6. The fourth-order valence-electron chi connectivity index (χ4n) is 3.88. The number of carbonyl (C=O) groups is 1. The van der Waals surface area contributed by atoms with Gasteiger partial charge in [0.15, 0.2) is 0 Å². The predicted octanol–water partition coefficient (Wildman–Crippen LogP) is 7.77. The lowest BCUT2D eigenvalue weighted by Crippen LogP contribution is -2.27. The van der Waals surface area contributed by atoms with E-state index >= 15 is 0 Å². The predicted molar refractivity (Wildman–Crippen MR) is 143 cm³/mol. The number of hydrogen-bond acceptors (Lipinski definition) is 3. The third-order valence-corrected chi connectivity index (χ3v) is 6.06. The van der Waals surface area contributed by atoms with Crippen LogP contribution < -0.4 is 5.32 Å². The lowest BCUT2D eigenvalue weighted by Gasteiger charge is -2.09. The Morgan fingerprint density at radius 2 is 1.80 bits per heavy atom. The fourth-order valence-corrected chi connectivity index (χ4v) is 4.05. The van der Waals surface area contributed by atoms with E-state index in [9.17, 15) is 10.1 Å². The van der Waals surface area contributed by atoms with Gasteiger partial charge in [-0.1, -0.05) is 80.9 Å². The number of nitrogens with zero attached hydrogens (tertiary/aromatic N) is 1. The van der Waals surface area contributed by atoms with Gasteiger partial charge < -0.3 is 9.73 Å². The number of allylic oxidation sites excluding steroid dienone is 1. The smallest absolute Gasteiger partial charge is 0.255 e. The number of aryl methyl sites for hydroxylation is 1. The fraction of sp³-hybridized carbons (Fsp3) is 0.200. The molecule has 0 aliphatic heterocycles. The number of nitrogens with one attached hydrogen (secondary N) is 1. The van der Waals surface area contributed by atoms with Crippen molar-refractivity contribution in [1.82, 2.24) is 5.32 Å². The van der Waals surface area contributed by atoms with Crippen molar-refractivity contribution in [3.05, 3.63) is 94.0 Å². The summed E-state index contributed by atoms with van der Waals surface area (Å²) in [6.45, 7) is 6.76. The summed E-state index contributed by atoms with van der Waals surface area (Å²) in [6, 6.07) is 23.3. The molecule has 1 N–H and O–H groups in total. The first kappa shape index (κ1) is 24.3. The lowest BCUT2D eigenvalue weighted by molar-refractivity contribution is 0.0950. The summed E-state index contributed by atoms with van der Waals surface area (Å²) in [5.41, 5.74) is 5.39. The first-order chi connectivity index (χ1) is 16.9. The summed E-state index contributed by atoms with van der Waals surface area (Å²) in [7, 11) is 0. The number of carbonyl (C=O) groups excluding carboxylic acids is 1. The highest BCUT2D eigenvalue weighted by Gasteiger charge is 2.22. The van der Waals surface area contributed by atoms with Crippen molar-refractivity contribution < 1.29 is 9.21 Å². The maximum Gasteiger partial charge on any atom is 0.255 e. The molecule has 35 heavy (non-hydrogen) atoms. The van der Waals surface area contributed by atoms with E-state index in [-0.39, 0.29) is 5.91 Å². The SMILES string of the molecule is CCc1ccc(/C=C(\C#N)c2ccc(-c3oc4ccc(Cl)cc4c3C(=O)NCC(C)C)cc2)cc1. The van der Waals surface area contributed by atoms with Gasteiger partial charge in [0.25, 0.3) is 5.91 Å². The van der Waals surface area contributed by atoms with E-state index in [0.29, 0.717) is 45.4 Å². The van der Waals surface area contributed by atoms with Gasteiger partial charge in [0.2, 0.25) is 0 Å². The van der Waals surface area contributed by atoms with Crippen molar-refractivity contribution in [3.63, 3.8) is 0 Å². The van der Waals surface area contributed by atoms with E-state index in [2.05, 4.69) is 30.4 Å². The third kappa shape index (κ3) is 5.48. The number of benzene rings is 3. The van der Waals surface area contributed by atoms with E-state index in [1.54, 1.807) is 18.2 Å². The Morgan fingerprint density at radius 1 is 1.09 bits per heavy atom. The highest BCUT2D eigenvalue weighted by molar-refractivity contribution is 6.31. The average Bonchev–Trinajstić information content (AvgIpc) is 3.25. The molecule has 0 saturated carbocycles. The van der Waals surface area contributed by atoms with Crippen LogP contribution in [0.1, 0.15) is 47.8 Å². The van der Waals surface area contributed by atoms with Crippen molar-refractivity contribution in [2.75, 3.05) is 6.54 Å².